The summed E-state index contributed by atoms with van der Waals surface area (Å²) in [6.45, 7) is 2.73. The lowest BCUT2D eigenvalue weighted by atomic mass is 9.95. The molecule has 2 aliphatic heterocycles. The van der Waals surface area contributed by atoms with E-state index in [-0.39, 0.29) is 18.9 Å². The molecule has 2 saturated heterocycles. The number of aliphatic hydroxyl groups is 3. The van der Waals surface area contributed by atoms with E-state index in [0.717, 1.165) is 0 Å². The number of methoxy groups -OCH3 is 1. The molecular formula is C16H27NO10. The van der Waals surface area contributed by atoms with Gasteiger partial charge in [-0.15, -0.1) is 0 Å². The van der Waals surface area contributed by atoms with Crippen LogP contribution in [0.2, 0.25) is 0 Å². The summed E-state index contributed by atoms with van der Waals surface area (Å²) in [4.78, 5) is 22.9. The maximum absolute atomic E-state index is 11.5. The highest BCUT2D eigenvalue weighted by Gasteiger charge is 2.50. The minimum atomic E-state index is -1.57. The number of carboxylic acid groups (broad SMARTS) is 1. The van der Waals surface area contributed by atoms with Gasteiger partial charge in [-0.3, -0.25) is 4.79 Å². The zero-order chi connectivity index (χ0) is 20.3. The lowest BCUT2D eigenvalue weighted by Crippen LogP contribution is -2.64. The molecule has 0 bridgehead atoms. The molecule has 0 aromatic rings. The van der Waals surface area contributed by atoms with Crippen LogP contribution in [0.1, 0.15) is 20.3 Å². The number of aliphatic hydroxyl groups excluding tert-OH is 3. The van der Waals surface area contributed by atoms with Crippen LogP contribution in [0.25, 0.3) is 0 Å². The second-order valence-corrected chi connectivity index (χ2v) is 6.73. The fraction of sp³-hybridized carbons (Fsp3) is 0.875. The Morgan fingerprint density at radius 1 is 1.22 bits per heavy atom. The van der Waals surface area contributed by atoms with Gasteiger partial charge in [-0.25, -0.2) is 4.79 Å². The summed E-state index contributed by atoms with van der Waals surface area (Å²) in [6, 6.07) is -0.623. The molecule has 0 aromatic carbocycles. The molecule has 11 nitrogen and oxygen atoms in total. The minimum absolute atomic E-state index is 0.167. The third-order valence-corrected chi connectivity index (χ3v) is 4.75. The molecule has 11 heteroatoms. The van der Waals surface area contributed by atoms with Gasteiger partial charge >= 0.3 is 5.97 Å². The van der Waals surface area contributed by atoms with E-state index in [0.29, 0.717) is 0 Å². The number of nitrogens with one attached hydrogen (secondary N) is 1. The zero-order valence-electron chi connectivity index (χ0n) is 15.3. The van der Waals surface area contributed by atoms with Crippen molar-refractivity contribution in [2.24, 2.45) is 0 Å². The predicted molar refractivity (Wildman–Crippen MR) is 87.6 cm³/mol. The van der Waals surface area contributed by atoms with Crippen LogP contribution in [-0.2, 0) is 28.5 Å². The molecular weight excluding hydrogens is 366 g/mol. The van der Waals surface area contributed by atoms with Gasteiger partial charge in [0.1, 0.15) is 18.3 Å². The lowest BCUT2D eigenvalue weighted by molar-refractivity contribution is -0.316. The Morgan fingerprint density at radius 2 is 1.89 bits per heavy atom. The van der Waals surface area contributed by atoms with Crippen molar-refractivity contribution in [1.82, 2.24) is 5.32 Å². The van der Waals surface area contributed by atoms with Crippen LogP contribution in [0, 0.1) is 0 Å². The topological polar surface area (TPSA) is 164 Å². The maximum Gasteiger partial charge on any atom is 0.335 e. The summed E-state index contributed by atoms with van der Waals surface area (Å²) < 4.78 is 21.6. The predicted octanol–water partition coefficient (Wildman–Crippen LogP) is -2.41. The van der Waals surface area contributed by atoms with Crippen LogP contribution in [0.5, 0.6) is 0 Å². The van der Waals surface area contributed by atoms with E-state index in [1.165, 1.54) is 14.0 Å². The molecule has 8 unspecified atom stereocenters. The van der Waals surface area contributed by atoms with E-state index < -0.39 is 61.0 Å². The van der Waals surface area contributed by atoms with E-state index in [1.54, 1.807) is 6.92 Å². The Labute approximate surface area is 156 Å². The van der Waals surface area contributed by atoms with E-state index in [9.17, 15) is 30.0 Å². The smallest absolute Gasteiger partial charge is 0.335 e. The molecule has 9 atom stereocenters. The van der Waals surface area contributed by atoms with Crippen LogP contribution in [0.15, 0.2) is 0 Å². The first-order valence-electron chi connectivity index (χ1n) is 8.65. The first-order chi connectivity index (χ1) is 12.7. The SMILES string of the molecule is COC1C(C(=O)O)OC(OC2CC(CO)O[C@H](C)C2NC(C)=O)C(O)C1O. The number of ether oxygens (including phenoxy) is 4. The van der Waals surface area contributed by atoms with Gasteiger partial charge in [0.15, 0.2) is 12.4 Å². The molecule has 5 N–H and O–H groups in total. The average molecular weight is 393 g/mol. The molecule has 0 aromatic heterocycles. The van der Waals surface area contributed by atoms with Crippen LogP contribution < -0.4 is 5.32 Å². The first kappa shape index (κ1) is 22.0. The zero-order valence-corrected chi connectivity index (χ0v) is 15.3. The van der Waals surface area contributed by atoms with Crippen molar-refractivity contribution in [3.8, 4) is 0 Å². The summed E-state index contributed by atoms with van der Waals surface area (Å²) in [6.07, 6.45) is -9.10. The molecule has 156 valence electrons. The molecule has 0 aliphatic carbocycles. The average Bonchev–Trinajstić information content (AvgIpc) is 2.60. The Morgan fingerprint density at radius 3 is 2.41 bits per heavy atom. The normalized spacial score (nSPS) is 42.5. The van der Waals surface area contributed by atoms with Crippen molar-refractivity contribution < 1.29 is 49.0 Å². The summed E-state index contributed by atoms with van der Waals surface area (Å²) in [7, 11) is 1.19. The first-order valence-corrected chi connectivity index (χ1v) is 8.65. The van der Waals surface area contributed by atoms with E-state index >= 15 is 0 Å². The van der Waals surface area contributed by atoms with Gasteiger partial charge in [-0.2, -0.15) is 0 Å². The van der Waals surface area contributed by atoms with Crippen molar-refractivity contribution in [1.29, 1.82) is 0 Å². The lowest BCUT2D eigenvalue weighted by Gasteiger charge is -2.45. The summed E-state index contributed by atoms with van der Waals surface area (Å²) in [5.74, 6) is -1.71. The van der Waals surface area contributed by atoms with Gasteiger partial charge in [0.25, 0.3) is 0 Å². The molecule has 1 amide bonds. The minimum Gasteiger partial charge on any atom is -0.479 e. The molecule has 2 aliphatic rings. The fourth-order valence-electron chi connectivity index (χ4n) is 3.44. The number of hydrogen-bond donors (Lipinski definition) is 5. The van der Waals surface area contributed by atoms with Crippen LogP contribution in [0.3, 0.4) is 0 Å². The van der Waals surface area contributed by atoms with Gasteiger partial charge in [0.2, 0.25) is 5.91 Å². The largest absolute Gasteiger partial charge is 0.479 e. The summed E-state index contributed by atoms with van der Waals surface area (Å²) >= 11 is 0. The van der Waals surface area contributed by atoms with Crippen molar-refractivity contribution in [3.63, 3.8) is 0 Å². The molecule has 2 fully saturated rings. The number of rotatable bonds is 6. The van der Waals surface area contributed by atoms with Gasteiger partial charge in [0.05, 0.1) is 31.0 Å². The van der Waals surface area contributed by atoms with Crippen molar-refractivity contribution in [2.45, 2.75) is 75.3 Å². The van der Waals surface area contributed by atoms with Crippen LogP contribution >= 0.6 is 0 Å². The van der Waals surface area contributed by atoms with Crippen molar-refractivity contribution in [3.05, 3.63) is 0 Å². The molecule has 2 heterocycles. The van der Waals surface area contributed by atoms with Gasteiger partial charge < -0.3 is 44.7 Å². The van der Waals surface area contributed by atoms with Crippen LogP contribution in [-0.4, -0.2) is 101 Å². The number of aliphatic carboxylic acids is 1. The molecule has 27 heavy (non-hydrogen) atoms. The van der Waals surface area contributed by atoms with Gasteiger partial charge in [0, 0.05) is 20.5 Å². The highest BCUT2D eigenvalue weighted by atomic mass is 16.7. The standard InChI is InChI=1S/C16H27NO10/c1-6-10(17-7(2)19)9(4-8(5-18)25-6)26-16-12(21)11(20)13(24-3)14(27-16)15(22)23/h6,8-14,16,18,20-21H,4-5H2,1-3H3,(H,17,19)(H,22,23)/t6-,8?,9?,10?,11?,12?,13?,14?,16?/m1/s1. The highest BCUT2D eigenvalue weighted by Crippen LogP contribution is 2.29. The van der Waals surface area contributed by atoms with Gasteiger partial charge in [-0.05, 0) is 6.92 Å². The second-order valence-electron chi connectivity index (χ2n) is 6.73. The Kier molecular flexibility index (Phi) is 7.51. The Hall–Kier alpha value is -1.34. The third kappa shape index (κ3) is 4.93. The maximum atomic E-state index is 11.5. The highest BCUT2D eigenvalue weighted by molar-refractivity contribution is 5.73. The van der Waals surface area contributed by atoms with Crippen molar-refractivity contribution >= 4 is 11.9 Å². The van der Waals surface area contributed by atoms with Gasteiger partial charge in [-0.1, -0.05) is 0 Å². The number of carboxylic acids is 1. The van der Waals surface area contributed by atoms with E-state index in [2.05, 4.69) is 5.32 Å². The second kappa shape index (κ2) is 9.24. The van der Waals surface area contributed by atoms with Crippen molar-refractivity contribution in [2.75, 3.05) is 13.7 Å². The summed E-state index contributed by atoms with van der Waals surface area (Å²) in [5, 5.41) is 41.8. The monoisotopic (exact) mass is 393 g/mol. The Balaban J connectivity index is 2.19. The third-order valence-electron chi connectivity index (χ3n) is 4.75. The van der Waals surface area contributed by atoms with E-state index in [4.69, 9.17) is 18.9 Å². The number of carbonyl (C=O) groups is 2. The van der Waals surface area contributed by atoms with E-state index in [1.807, 2.05) is 0 Å². The number of hydrogen-bond acceptors (Lipinski definition) is 9. The Bertz CT molecular complexity index is 531. The fourth-order valence-corrected chi connectivity index (χ4v) is 3.44. The number of amides is 1. The van der Waals surface area contributed by atoms with Crippen LogP contribution in [0.4, 0.5) is 0 Å². The molecule has 2 rings (SSSR count). The molecule has 0 saturated carbocycles. The summed E-state index contributed by atoms with van der Waals surface area (Å²) in [5.41, 5.74) is 0. The number of carbonyl (C=O) groups excluding carboxylic acids is 1. The molecule has 0 radical (unpaired) electrons. The molecule has 0 spiro atoms. The quantitative estimate of drug-likeness (QED) is 0.328.